The van der Waals surface area contributed by atoms with E-state index in [0.717, 1.165) is 11.0 Å². The van der Waals surface area contributed by atoms with E-state index in [1.54, 1.807) is 23.2 Å². The van der Waals surface area contributed by atoms with E-state index >= 15 is 0 Å². The molecule has 1 amide bonds. The number of pyridine rings is 1. The first-order chi connectivity index (χ1) is 7.06. The molecule has 0 aliphatic rings. The Morgan fingerprint density at radius 3 is 2.87 bits per heavy atom. The standard InChI is InChI=1S/C11H15BrN2O/c1-8-6-10(4-5-13-8)11(15)14(3)9(2)7-12/h4-6,9H,7H2,1-3H3. The van der Waals surface area contributed by atoms with Crippen molar-refractivity contribution in [3.05, 3.63) is 29.6 Å². The van der Waals surface area contributed by atoms with Gasteiger partial charge in [0.1, 0.15) is 0 Å². The number of aromatic nitrogens is 1. The van der Waals surface area contributed by atoms with E-state index in [9.17, 15) is 4.79 Å². The van der Waals surface area contributed by atoms with Crippen molar-refractivity contribution in [1.29, 1.82) is 0 Å². The van der Waals surface area contributed by atoms with E-state index in [0.29, 0.717) is 5.56 Å². The highest BCUT2D eigenvalue weighted by Gasteiger charge is 2.16. The van der Waals surface area contributed by atoms with Crippen molar-refractivity contribution >= 4 is 21.8 Å². The topological polar surface area (TPSA) is 33.2 Å². The van der Waals surface area contributed by atoms with Gasteiger partial charge in [0.05, 0.1) is 0 Å². The van der Waals surface area contributed by atoms with Gasteiger partial charge < -0.3 is 4.90 Å². The Bertz CT molecular complexity index is 354. The lowest BCUT2D eigenvalue weighted by Gasteiger charge is -2.23. The highest BCUT2D eigenvalue weighted by Crippen LogP contribution is 2.08. The summed E-state index contributed by atoms with van der Waals surface area (Å²) in [6.07, 6.45) is 1.66. The minimum atomic E-state index is 0.0347. The summed E-state index contributed by atoms with van der Waals surface area (Å²) in [5.41, 5.74) is 1.55. The van der Waals surface area contributed by atoms with Gasteiger partial charge in [-0.15, -0.1) is 0 Å². The van der Waals surface area contributed by atoms with Crippen LogP contribution in [0, 0.1) is 6.92 Å². The predicted molar refractivity (Wildman–Crippen MR) is 64.3 cm³/mol. The van der Waals surface area contributed by atoms with E-state index in [2.05, 4.69) is 20.9 Å². The van der Waals surface area contributed by atoms with Gasteiger partial charge in [-0.05, 0) is 26.0 Å². The van der Waals surface area contributed by atoms with Crippen LogP contribution in [0.5, 0.6) is 0 Å². The molecule has 0 aliphatic heterocycles. The van der Waals surface area contributed by atoms with Crippen LogP contribution in [0.25, 0.3) is 0 Å². The quantitative estimate of drug-likeness (QED) is 0.790. The number of halogens is 1. The second-order valence-corrected chi connectivity index (χ2v) is 4.25. The normalized spacial score (nSPS) is 12.3. The number of carbonyl (C=O) groups is 1. The number of rotatable bonds is 3. The second-order valence-electron chi connectivity index (χ2n) is 3.61. The van der Waals surface area contributed by atoms with Gasteiger partial charge in [-0.25, -0.2) is 0 Å². The summed E-state index contributed by atoms with van der Waals surface area (Å²) < 4.78 is 0. The zero-order chi connectivity index (χ0) is 11.4. The van der Waals surface area contributed by atoms with Crippen LogP contribution in [0.3, 0.4) is 0 Å². The van der Waals surface area contributed by atoms with E-state index in [-0.39, 0.29) is 11.9 Å². The summed E-state index contributed by atoms with van der Waals surface area (Å²) in [5, 5.41) is 0.777. The molecule has 1 heterocycles. The zero-order valence-corrected chi connectivity index (χ0v) is 10.8. The molecule has 15 heavy (non-hydrogen) atoms. The van der Waals surface area contributed by atoms with Crippen molar-refractivity contribution in [3.8, 4) is 0 Å². The molecule has 0 saturated carbocycles. The molecule has 3 nitrogen and oxygen atoms in total. The van der Waals surface area contributed by atoms with Crippen LogP contribution in [0.1, 0.15) is 23.0 Å². The van der Waals surface area contributed by atoms with Crippen LogP contribution in [-0.2, 0) is 0 Å². The fraction of sp³-hybridized carbons (Fsp3) is 0.455. The van der Waals surface area contributed by atoms with E-state index in [4.69, 9.17) is 0 Å². The number of hydrogen-bond acceptors (Lipinski definition) is 2. The maximum Gasteiger partial charge on any atom is 0.253 e. The van der Waals surface area contributed by atoms with Gasteiger partial charge in [0.2, 0.25) is 0 Å². The predicted octanol–water partition coefficient (Wildman–Crippen LogP) is 2.25. The molecule has 0 aliphatic carbocycles. The first kappa shape index (κ1) is 12.2. The lowest BCUT2D eigenvalue weighted by molar-refractivity contribution is 0.0758. The Morgan fingerprint density at radius 1 is 1.67 bits per heavy atom. The molecule has 0 spiro atoms. The molecule has 0 aromatic carbocycles. The van der Waals surface area contributed by atoms with Gasteiger partial charge in [0, 0.05) is 35.9 Å². The molecule has 1 unspecified atom stereocenters. The summed E-state index contributed by atoms with van der Waals surface area (Å²) in [7, 11) is 1.81. The fourth-order valence-electron chi connectivity index (χ4n) is 1.19. The molecule has 1 atom stereocenters. The van der Waals surface area contributed by atoms with E-state index < -0.39 is 0 Å². The zero-order valence-electron chi connectivity index (χ0n) is 9.20. The van der Waals surface area contributed by atoms with Crippen LogP contribution < -0.4 is 0 Å². The fourth-order valence-corrected chi connectivity index (χ4v) is 1.62. The molecule has 0 bridgehead atoms. The smallest absolute Gasteiger partial charge is 0.253 e. The van der Waals surface area contributed by atoms with Crippen molar-refractivity contribution in [1.82, 2.24) is 9.88 Å². The minimum absolute atomic E-state index is 0.0347. The Balaban J connectivity index is 2.85. The van der Waals surface area contributed by atoms with Gasteiger partial charge >= 0.3 is 0 Å². The molecule has 0 N–H and O–H groups in total. The third-order valence-corrected chi connectivity index (χ3v) is 3.29. The molecule has 0 radical (unpaired) electrons. The van der Waals surface area contributed by atoms with Gasteiger partial charge in [-0.3, -0.25) is 9.78 Å². The maximum absolute atomic E-state index is 12.0. The Hall–Kier alpha value is -0.900. The van der Waals surface area contributed by atoms with Crippen molar-refractivity contribution < 1.29 is 4.79 Å². The first-order valence-corrected chi connectivity index (χ1v) is 5.94. The molecule has 1 rings (SSSR count). The largest absolute Gasteiger partial charge is 0.338 e. The SMILES string of the molecule is Cc1cc(C(=O)N(C)C(C)CBr)ccn1. The third kappa shape index (κ3) is 3.02. The van der Waals surface area contributed by atoms with Gasteiger partial charge in [-0.1, -0.05) is 15.9 Å². The lowest BCUT2D eigenvalue weighted by atomic mass is 10.2. The lowest BCUT2D eigenvalue weighted by Crippen LogP contribution is -2.36. The number of alkyl halides is 1. The number of amides is 1. The summed E-state index contributed by atoms with van der Waals surface area (Å²) in [4.78, 5) is 17.8. The Labute approximate surface area is 98.6 Å². The summed E-state index contributed by atoms with van der Waals surface area (Å²) in [6, 6.07) is 3.73. The summed E-state index contributed by atoms with van der Waals surface area (Å²) >= 11 is 3.36. The first-order valence-electron chi connectivity index (χ1n) is 4.82. The van der Waals surface area contributed by atoms with Crippen LogP contribution in [-0.4, -0.2) is 34.2 Å². The summed E-state index contributed by atoms with van der Waals surface area (Å²) in [5.74, 6) is 0.0347. The number of nitrogens with zero attached hydrogens (tertiary/aromatic N) is 2. The van der Waals surface area contributed by atoms with Gasteiger partial charge in [0.15, 0.2) is 0 Å². The average Bonchev–Trinajstić information content (AvgIpc) is 2.26. The molecular formula is C11H15BrN2O. The number of carbonyl (C=O) groups excluding carboxylic acids is 1. The van der Waals surface area contributed by atoms with Crippen molar-refractivity contribution in [3.63, 3.8) is 0 Å². The van der Waals surface area contributed by atoms with E-state index in [1.807, 2.05) is 20.9 Å². The molecule has 0 saturated heterocycles. The van der Waals surface area contributed by atoms with Crippen LogP contribution in [0.4, 0.5) is 0 Å². The molecule has 1 aromatic heterocycles. The van der Waals surface area contributed by atoms with Crippen LogP contribution in [0.2, 0.25) is 0 Å². The molecule has 4 heteroatoms. The molecule has 82 valence electrons. The maximum atomic E-state index is 12.0. The Kier molecular flexibility index (Phi) is 4.27. The second kappa shape index (κ2) is 5.26. The Morgan fingerprint density at radius 2 is 2.33 bits per heavy atom. The van der Waals surface area contributed by atoms with Crippen molar-refractivity contribution in [2.75, 3.05) is 12.4 Å². The number of aryl methyl sites for hydroxylation is 1. The minimum Gasteiger partial charge on any atom is -0.338 e. The number of hydrogen-bond donors (Lipinski definition) is 0. The van der Waals surface area contributed by atoms with E-state index in [1.165, 1.54) is 0 Å². The average molecular weight is 271 g/mol. The van der Waals surface area contributed by atoms with Crippen molar-refractivity contribution in [2.24, 2.45) is 0 Å². The molecular weight excluding hydrogens is 256 g/mol. The van der Waals surface area contributed by atoms with Crippen LogP contribution in [0.15, 0.2) is 18.3 Å². The van der Waals surface area contributed by atoms with Crippen LogP contribution >= 0.6 is 15.9 Å². The molecule has 1 aromatic rings. The molecule has 0 fully saturated rings. The summed E-state index contributed by atoms with van der Waals surface area (Å²) in [6.45, 7) is 3.88. The van der Waals surface area contributed by atoms with Gasteiger partial charge in [-0.2, -0.15) is 0 Å². The van der Waals surface area contributed by atoms with Crippen molar-refractivity contribution in [2.45, 2.75) is 19.9 Å². The highest BCUT2D eigenvalue weighted by atomic mass is 79.9. The highest BCUT2D eigenvalue weighted by molar-refractivity contribution is 9.09. The monoisotopic (exact) mass is 270 g/mol. The van der Waals surface area contributed by atoms with Gasteiger partial charge in [0.25, 0.3) is 5.91 Å². The third-order valence-electron chi connectivity index (χ3n) is 2.35.